The second kappa shape index (κ2) is 4.87. The second-order valence-electron chi connectivity index (χ2n) is 4.41. The van der Waals surface area contributed by atoms with E-state index in [9.17, 15) is 4.79 Å². The first kappa shape index (κ1) is 12.7. The number of likely N-dealkylation sites (N-methyl/N-ethyl adjacent to an activating group) is 1. The molecule has 1 aromatic heterocycles. The number of nitrogens with zero attached hydrogens (tertiary/aromatic N) is 3. The van der Waals surface area contributed by atoms with E-state index in [-0.39, 0.29) is 17.5 Å². The lowest BCUT2D eigenvalue weighted by Crippen LogP contribution is -2.36. The minimum atomic E-state index is -0.613. The molecular weight excluding hydrogens is 234 g/mol. The van der Waals surface area contributed by atoms with Crippen LogP contribution in [-0.4, -0.2) is 47.5 Å². The summed E-state index contributed by atoms with van der Waals surface area (Å²) in [6.07, 6.45) is -0.216. The van der Waals surface area contributed by atoms with Gasteiger partial charge < -0.3 is 21.1 Å². The number of rotatable bonds is 2. The molecule has 1 atom stereocenters. The number of ether oxygens (including phenoxy) is 1. The summed E-state index contributed by atoms with van der Waals surface area (Å²) in [5.74, 6) is 0.00149. The van der Waals surface area contributed by atoms with Crippen LogP contribution in [0.4, 0.5) is 5.82 Å². The van der Waals surface area contributed by atoms with E-state index in [4.69, 9.17) is 16.2 Å². The topological polar surface area (TPSA) is 107 Å². The molecule has 0 spiro atoms. The van der Waals surface area contributed by atoms with Crippen LogP contribution in [0.3, 0.4) is 0 Å². The Hall–Kier alpha value is -1.73. The van der Waals surface area contributed by atoms with Gasteiger partial charge in [0.2, 0.25) is 0 Å². The van der Waals surface area contributed by atoms with E-state index >= 15 is 0 Å². The largest absolute Gasteiger partial charge is 0.383 e. The van der Waals surface area contributed by atoms with Gasteiger partial charge in [0.1, 0.15) is 17.5 Å². The van der Waals surface area contributed by atoms with Crippen LogP contribution in [0.15, 0.2) is 0 Å². The monoisotopic (exact) mass is 251 g/mol. The fraction of sp³-hybridized carbons (Fsp3) is 0.545. The van der Waals surface area contributed by atoms with E-state index in [0.717, 1.165) is 6.54 Å². The number of amides is 1. The Morgan fingerprint density at radius 1 is 1.50 bits per heavy atom. The predicted molar refractivity (Wildman–Crippen MR) is 65.9 cm³/mol. The molecule has 98 valence electrons. The summed E-state index contributed by atoms with van der Waals surface area (Å²) in [5, 5.41) is 0. The summed E-state index contributed by atoms with van der Waals surface area (Å²) in [6.45, 7) is 3.90. The molecule has 2 rings (SSSR count). The Kier molecular flexibility index (Phi) is 3.44. The molecule has 0 aromatic carbocycles. The Morgan fingerprint density at radius 3 is 2.78 bits per heavy atom. The van der Waals surface area contributed by atoms with Crippen molar-refractivity contribution in [3.63, 3.8) is 0 Å². The van der Waals surface area contributed by atoms with Crippen LogP contribution >= 0.6 is 0 Å². The molecule has 0 saturated carbocycles. The molecule has 1 unspecified atom stereocenters. The molecule has 7 heteroatoms. The van der Waals surface area contributed by atoms with E-state index in [0.29, 0.717) is 24.7 Å². The lowest BCUT2D eigenvalue weighted by Gasteiger charge is -2.29. The smallest absolute Gasteiger partial charge is 0.254 e. The van der Waals surface area contributed by atoms with E-state index in [2.05, 4.69) is 14.9 Å². The number of carbonyl (C=O) groups excluding carboxylic acids is 1. The van der Waals surface area contributed by atoms with Gasteiger partial charge >= 0.3 is 0 Å². The average molecular weight is 251 g/mol. The SMILES string of the molecule is Cc1nc(C2CN(C)CCO2)nc(N)c1C(N)=O. The lowest BCUT2D eigenvalue weighted by atomic mass is 10.2. The maximum atomic E-state index is 11.2. The van der Waals surface area contributed by atoms with Crippen LogP contribution < -0.4 is 11.5 Å². The highest BCUT2D eigenvalue weighted by atomic mass is 16.5. The first-order chi connectivity index (χ1) is 8.49. The second-order valence-corrected chi connectivity index (χ2v) is 4.41. The Bertz CT molecular complexity index is 453. The highest BCUT2D eigenvalue weighted by molar-refractivity contribution is 5.98. The molecule has 4 N–H and O–H groups in total. The minimum Gasteiger partial charge on any atom is -0.383 e. The Labute approximate surface area is 105 Å². The third-order valence-corrected chi connectivity index (χ3v) is 2.94. The first-order valence-corrected chi connectivity index (χ1v) is 5.73. The summed E-state index contributed by atoms with van der Waals surface area (Å²) in [7, 11) is 2.00. The van der Waals surface area contributed by atoms with Crippen molar-refractivity contribution in [1.29, 1.82) is 0 Å². The van der Waals surface area contributed by atoms with Gasteiger partial charge in [-0.05, 0) is 14.0 Å². The predicted octanol–water partition coefficient (Wildman–Crippen LogP) is -0.531. The van der Waals surface area contributed by atoms with Gasteiger partial charge in [-0.15, -0.1) is 0 Å². The zero-order chi connectivity index (χ0) is 13.3. The fourth-order valence-corrected chi connectivity index (χ4v) is 2.00. The molecule has 0 bridgehead atoms. The summed E-state index contributed by atoms with van der Waals surface area (Å²) < 4.78 is 5.61. The van der Waals surface area contributed by atoms with Crippen molar-refractivity contribution in [2.45, 2.75) is 13.0 Å². The normalized spacial score (nSPS) is 20.9. The highest BCUT2D eigenvalue weighted by Gasteiger charge is 2.24. The van der Waals surface area contributed by atoms with Crippen molar-refractivity contribution in [2.24, 2.45) is 5.73 Å². The van der Waals surface area contributed by atoms with Crippen molar-refractivity contribution in [1.82, 2.24) is 14.9 Å². The number of morpholine rings is 1. The molecule has 1 aromatic rings. The van der Waals surface area contributed by atoms with Crippen LogP contribution in [-0.2, 0) is 4.74 Å². The number of aryl methyl sites for hydroxylation is 1. The van der Waals surface area contributed by atoms with Gasteiger partial charge in [0.25, 0.3) is 5.91 Å². The van der Waals surface area contributed by atoms with Crippen LogP contribution in [0, 0.1) is 6.92 Å². The maximum Gasteiger partial charge on any atom is 0.254 e. The Morgan fingerprint density at radius 2 is 2.22 bits per heavy atom. The lowest BCUT2D eigenvalue weighted by molar-refractivity contribution is -0.0255. The standard InChI is InChI=1S/C11H17N5O2/c1-6-8(10(13)17)9(12)15-11(14-6)7-5-16(2)3-4-18-7/h7H,3-5H2,1-2H3,(H2,13,17)(H2,12,14,15). The van der Waals surface area contributed by atoms with Crippen molar-refractivity contribution < 1.29 is 9.53 Å². The zero-order valence-corrected chi connectivity index (χ0v) is 10.5. The summed E-state index contributed by atoms with van der Waals surface area (Å²) in [4.78, 5) is 21.7. The minimum absolute atomic E-state index is 0.113. The molecule has 0 radical (unpaired) electrons. The number of nitrogens with two attached hydrogens (primary N) is 2. The third-order valence-electron chi connectivity index (χ3n) is 2.94. The number of hydrogen-bond acceptors (Lipinski definition) is 6. The average Bonchev–Trinajstić information content (AvgIpc) is 2.27. The number of aromatic nitrogens is 2. The van der Waals surface area contributed by atoms with Gasteiger partial charge in [0, 0.05) is 13.1 Å². The van der Waals surface area contributed by atoms with Crippen molar-refractivity contribution in [3.05, 3.63) is 17.1 Å². The highest BCUT2D eigenvalue weighted by Crippen LogP contribution is 2.21. The molecule has 18 heavy (non-hydrogen) atoms. The summed E-state index contributed by atoms with van der Waals surface area (Å²) in [5.41, 5.74) is 11.6. The van der Waals surface area contributed by atoms with Crippen LogP contribution in [0.2, 0.25) is 0 Å². The van der Waals surface area contributed by atoms with Crippen molar-refractivity contribution >= 4 is 11.7 Å². The molecule has 0 aliphatic carbocycles. The first-order valence-electron chi connectivity index (χ1n) is 5.73. The van der Waals surface area contributed by atoms with E-state index < -0.39 is 5.91 Å². The van der Waals surface area contributed by atoms with Gasteiger partial charge in [0.05, 0.1) is 12.3 Å². The molecule has 2 heterocycles. The Balaban J connectivity index is 2.32. The molecule has 1 fully saturated rings. The van der Waals surface area contributed by atoms with Gasteiger partial charge in [0.15, 0.2) is 5.82 Å². The van der Waals surface area contributed by atoms with Gasteiger partial charge in [-0.25, -0.2) is 9.97 Å². The molecule has 1 amide bonds. The number of primary amides is 1. The van der Waals surface area contributed by atoms with E-state index in [1.165, 1.54) is 0 Å². The summed E-state index contributed by atoms with van der Waals surface area (Å²) >= 11 is 0. The van der Waals surface area contributed by atoms with Crippen LogP contribution in [0.1, 0.15) is 28.0 Å². The third kappa shape index (κ3) is 2.41. The molecule has 1 saturated heterocycles. The summed E-state index contributed by atoms with van der Waals surface area (Å²) in [6, 6.07) is 0. The quantitative estimate of drug-likeness (QED) is 0.731. The van der Waals surface area contributed by atoms with E-state index in [1.54, 1.807) is 6.92 Å². The van der Waals surface area contributed by atoms with Gasteiger partial charge in [-0.2, -0.15) is 0 Å². The molecule has 7 nitrogen and oxygen atoms in total. The fourth-order valence-electron chi connectivity index (χ4n) is 2.00. The van der Waals surface area contributed by atoms with Crippen LogP contribution in [0.5, 0.6) is 0 Å². The molecule has 1 aliphatic rings. The number of hydrogen-bond donors (Lipinski definition) is 2. The van der Waals surface area contributed by atoms with Crippen LogP contribution in [0.25, 0.3) is 0 Å². The number of nitrogen functional groups attached to an aromatic ring is 1. The van der Waals surface area contributed by atoms with Gasteiger partial charge in [-0.1, -0.05) is 0 Å². The number of carbonyl (C=O) groups is 1. The maximum absolute atomic E-state index is 11.2. The molecule has 1 aliphatic heterocycles. The zero-order valence-electron chi connectivity index (χ0n) is 10.5. The van der Waals surface area contributed by atoms with Crippen molar-refractivity contribution in [3.8, 4) is 0 Å². The number of anilines is 1. The molecular formula is C11H17N5O2. The van der Waals surface area contributed by atoms with Crippen molar-refractivity contribution in [2.75, 3.05) is 32.5 Å². The van der Waals surface area contributed by atoms with Gasteiger partial charge in [-0.3, -0.25) is 4.79 Å². The van der Waals surface area contributed by atoms with E-state index in [1.807, 2.05) is 7.05 Å².